The summed E-state index contributed by atoms with van der Waals surface area (Å²) >= 11 is 0. The highest BCUT2D eigenvalue weighted by atomic mass is 16.5. The lowest BCUT2D eigenvalue weighted by atomic mass is 10.2. The molecule has 1 N–H and O–H groups in total. The van der Waals surface area contributed by atoms with Crippen molar-refractivity contribution in [1.29, 1.82) is 0 Å². The Hall–Kier alpha value is -1.02. The Bertz CT molecular complexity index is 438. The lowest BCUT2D eigenvalue weighted by Gasteiger charge is -2.33. The molecule has 2 rings (SSSR count). The summed E-state index contributed by atoms with van der Waals surface area (Å²) in [6.45, 7) is 10.9. The van der Waals surface area contributed by atoms with Crippen LogP contribution in [0.2, 0.25) is 0 Å². The minimum atomic E-state index is -0.471. The predicted octanol–water partition coefficient (Wildman–Crippen LogP) is 0.705. The van der Waals surface area contributed by atoms with Crippen LogP contribution in [0.25, 0.3) is 0 Å². The fourth-order valence-electron chi connectivity index (χ4n) is 2.57. The molecule has 7 heteroatoms. The number of hydrogen-bond donors (Lipinski definition) is 1. The minimum Gasteiger partial charge on any atom is -0.389 e. The molecule has 2 heterocycles. The van der Waals surface area contributed by atoms with E-state index in [-0.39, 0.29) is 6.10 Å². The number of rotatable bonds is 8. The summed E-state index contributed by atoms with van der Waals surface area (Å²) in [6, 6.07) is 0. The fraction of sp³-hybridized carbons (Fsp3) is 0.867. The van der Waals surface area contributed by atoms with Gasteiger partial charge >= 0.3 is 0 Å². The lowest BCUT2D eigenvalue weighted by Crippen LogP contribution is -2.44. The van der Waals surface area contributed by atoms with Gasteiger partial charge in [0.15, 0.2) is 5.82 Å². The van der Waals surface area contributed by atoms with Gasteiger partial charge in [-0.2, -0.15) is 0 Å². The number of aliphatic hydroxyl groups excluding tert-OH is 1. The molecule has 1 aromatic rings. The van der Waals surface area contributed by atoms with Gasteiger partial charge in [0.1, 0.15) is 12.4 Å². The van der Waals surface area contributed by atoms with Gasteiger partial charge in [0.2, 0.25) is 0 Å². The summed E-state index contributed by atoms with van der Waals surface area (Å²) in [4.78, 5) is 2.20. The SMILES string of the molecule is CCn1cnnc1[C@@H]1CN(C[C@@H](O)COCC(C)C)CCO1. The first-order chi connectivity index (χ1) is 10.6. The van der Waals surface area contributed by atoms with E-state index in [1.54, 1.807) is 6.33 Å². The third-order valence-corrected chi connectivity index (χ3v) is 3.66. The van der Waals surface area contributed by atoms with Crippen LogP contribution in [0.15, 0.2) is 6.33 Å². The number of ether oxygens (including phenoxy) is 2. The molecule has 0 unspecified atom stereocenters. The molecule has 0 aromatic carbocycles. The minimum absolute atomic E-state index is 0.0833. The van der Waals surface area contributed by atoms with Crippen LogP contribution in [0, 0.1) is 5.92 Å². The van der Waals surface area contributed by atoms with Gasteiger partial charge in [-0.05, 0) is 12.8 Å². The van der Waals surface area contributed by atoms with E-state index in [0.29, 0.717) is 32.3 Å². The van der Waals surface area contributed by atoms with Crippen molar-refractivity contribution >= 4 is 0 Å². The summed E-state index contributed by atoms with van der Waals surface area (Å²) in [5, 5.41) is 18.2. The van der Waals surface area contributed by atoms with Gasteiger partial charge in [0.05, 0.1) is 19.3 Å². The van der Waals surface area contributed by atoms with Crippen molar-refractivity contribution in [2.75, 3.05) is 39.5 Å². The van der Waals surface area contributed by atoms with E-state index in [0.717, 1.165) is 25.5 Å². The van der Waals surface area contributed by atoms with E-state index in [1.807, 2.05) is 4.57 Å². The molecule has 0 aliphatic carbocycles. The molecule has 1 aromatic heterocycles. The Labute approximate surface area is 132 Å². The Morgan fingerprint density at radius 3 is 3.00 bits per heavy atom. The van der Waals surface area contributed by atoms with Crippen LogP contribution >= 0.6 is 0 Å². The highest BCUT2D eigenvalue weighted by molar-refractivity contribution is 4.95. The summed E-state index contributed by atoms with van der Waals surface area (Å²) in [7, 11) is 0. The summed E-state index contributed by atoms with van der Waals surface area (Å²) < 4.78 is 13.3. The first-order valence-corrected chi connectivity index (χ1v) is 8.07. The molecule has 1 aliphatic rings. The summed E-state index contributed by atoms with van der Waals surface area (Å²) in [5.41, 5.74) is 0. The Morgan fingerprint density at radius 1 is 1.45 bits per heavy atom. The zero-order valence-corrected chi connectivity index (χ0v) is 13.8. The number of aliphatic hydroxyl groups is 1. The van der Waals surface area contributed by atoms with Crippen LogP contribution in [0.5, 0.6) is 0 Å². The standard InChI is InChI=1S/C15H28N4O3/c1-4-19-11-16-17-15(19)14-8-18(5-6-22-14)7-13(20)10-21-9-12(2)3/h11-14,20H,4-10H2,1-3H3/t13-,14+/m1/s1. The maximum atomic E-state index is 10.1. The number of morpholine rings is 1. The monoisotopic (exact) mass is 312 g/mol. The molecule has 22 heavy (non-hydrogen) atoms. The fourth-order valence-corrected chi connectivity index (χ4v) is 2.57. The Kier molecular flexibility index (Phi) is 6.75. The number of aromatic nitrogens is 3. The summed E-state index contributed by atoms with van der Waals surface area (Å²) in [6.07, 6.45) is 1.17. The van der Waals surface area contributed by atoms with Crippen LogP contribution in [-0.2, 0) is 16.0 Å². The average Bonchev–Trinajstić information content (AvgIpc) is 2.95. The van der Waals surface area contributed by atoms with Gasteiger partial charge in [0.25, 0.3) is 0 Å². The Morgan fingerprint density at radius 2 is 2.27 bits per heavy atom. The third-order valence-electron chi connectivity index (χ3n) is 3.66. The molecule has 7 nitrogen and oxygen atoms in total. The van der Waals surface area contributed by atoms with Crippen molar-refractivity contribution in [3.8, 4) is 0 Å². The van der Waals surface area contributed by atoms with Crippen LogP contribution in [0.4, 0.5) is 0 Å². The van der Waals surface area contributed by atoms with Gasteiger partial charge in [-0.25, -0.2) is 0 Å². The van der Waals surface area contributed by atoms with Crippen molar-refractivity contribution in [1.82, 2.24) is 19.7 Å². The second-order valence-corrected chi connectivity index (χ2v) is 6.18. The van der Waals surface area contributed by atoms with E-state index in [9.17, 15) is 5.11 Å². The van der Waals surface area contributed by atoms with Gasteiger partial charge in [-0.3, -0.25) is 4.90 Å². The molecule has 0 saturated carbocycles. The van der Waals surface area contributed by atoms with Crippen molar-refractivity contribution in [3.05, 3.63) is 12.2 Å². The van der Waals surface area contributed by atoms with Crippen molar-refractivity contribution < 1.29 is 14.6 Å². The van der Waals surface area contributed by atoms with Crippen LogP contribution < -0.4 is 0 Å². The summed E-state index contributed by atoms with van der Waals surface area (Å²) in [5.74, 6) is 1.35. The molecule has 0 radical (unpaired) electrons. The molecule has 0 bridgehead atoms. The molecule has 1 aliphatic heterocycles. The van der Waals surface area contributed by atoms with Crippen LogP contribution in [0.1, 0.15) is 32.7 Å². The van der Waals surface area contributed by atoms with Gasteiger partial charge in [-0.1, -0.05) is 13.8 Å². The van der Waals surface area contributed by atoms with Crippen molar-refractivity contribution in [2.24, 2.45) is 5.92 Å². The van der Waals surface area contributed by atoms with Gasteiger partial charge in [-0.15, -0.1) is 10.2 Å². The molecule has 1 fully saturated rings. The molecule has 126 valence electrons. The molecule has 1 saturated heterocycles. The van der Waals surface area contributed by atoms with Crippen molar-refractivity contribution in [2.45, 2.75) is 39.5 Å². The molecular formula is C15H28N4O3. The molecule has 0 spiro atoms. The third kappa shape index (κ3) is 5.01. The normalized spacial score (nSPS) is 21.4. The number of β-amino-alcohol motifs (C(OH)–C–C–N with tert-alkyl or cyclic N) is 1. The highest BCUT2D eigenvalue weighted by Crippen LogP contribution is 2.20. The predicted molar refractivity (Wildman–Crippen MR) is 82.5 cm³/mol. The van der Waals surface area contributed by atoms with Crippen LogP contribution in [-0.4, -0.2) is 70.3 Å². The van der Waals surface area contributed by atoms with Crippen molar-refractivity contribution in [3.63, 3.8) is 0 Å². The largest absolute Gasteiger partial charge is 0.389 e. The highest BCUT2D eigenvalue weighted by Gasteiger charge is 2.26. The maximum absolute atomic E-state index is 10.1. The first kappa shape index (κ1) is 17.3. The topological polar surface area (TPSA) is 72.6 Å². The van der Waals surface area contributed by atoms with E-state index in [4.69, 9.17) is 9.47 Å². The zero-order chi connectivity index (χ0) is 15.9. The van der Waals surface area contributed by atoms with E-state index in [2.05, 4.69) is 35.9 Å². The number of nitrogens with zero attached hydrogens (tertiary/aromatic N) is 4. The first-order valence-electron chi connectivity index (χ1n) is 8.07. The maximum Gasteiger partial charge on any atom is 0.163 e. The zero-order valence-electron chi connectivity index (χ0n) is 13.8. The van der Waals surface area contributed by atoms with Gasteiger partial charge < -0.3 is 19.1 Å². The molecule has 0 amide bonds. The number of hydrogen-bond acceptors (Lipinski definition) is 6. The Balaban J connectivity index is 1.80. The smallest absolute Gasteiger partial charge is 0.163 e. The second-order valence-electron chi connectivity index (χ2n) is 6.18. The number of aryl methyl sites for hydroxylation is 1. The van der Waals surface area contributed by atoms with Crippen LogP contribution in [0.3, 0.4) is 0 Å². The van der Waals surface area contributed by atoms with E-state index < -0.39 is 6.10 Å². The average molecular weight is 312 g/mol. The lowest BCUT2D eigenvalue weighted by molar-refractivity contribution is -0.0577. The molecule has 2 atom stereocenters. The quantitative estimate of drug-likeness (QED) is 0.762. The van der Waals surface area contributed by atoms with E-state index in [1.165, 1.54) is 0 Å². The molecular weight excluding hydrogens is 284 g/mol. The van der Waals surface area contributed by atoms with Gasteiger partial charge in [0, 0.05) is 32.8 Å². The second kappa shape index (κ2) is 8.57. The van der Waals surface area contributed by atoms with E-state index >= 15 is 0 Å².